The Hall–Kier alpha value is -3.02. The van der Waals surface area contributed by atoms with Crippen LogP contribution in [0.1, 0.15) is 6.42 Å². The standard InChI is InChI=1S/C17H11BrF3N5O3/c18-8-1-2-10-11(3-8)14(29-12-4-17(12,20)21)25-26(15(10)28)7-13(27)24-16-22-5-9(19)6-23-16/h1-3,5-6,12H,4,7H2,(H,22,23,24,27). The monoisotopic (exact) mass is 469 g/mol. The number of anilines is 1. The molecule has 1 aromatic carbocycles. The Bertz CT molecular complexity index is 1170. The molecule has 12 heteroatoms. The van der Waals surface area contributed by atoms with Gasteiger partial charge in [-0.15, -0.1) is 5.10 Å². The van der Waals surface area contributed by atoms with Crippen LogP contribution >= 0.6 is 15.9 Å². The molecule has 0 bridgehead atoms. The van der Waals surface area contributed by atoms with Gasteiger partial charge in [0.15, 0.2) is 11.9 Å². The molecule has 0 radical (unpaired) electrons. The predicted octanol–water partition coefficient (Wildman–Crippen LogP) is 2.51. The van der Waals surface area contributed by atoms with Gasteiger partial charge < -0.3 is 4.74 Å². The number of aromatic nitrogens is 4. The summed E-state index contributed by atoms with van der Waals surface area (Å²) in [6, 6.07) is 4.59. The maximum absolute atomic E-state index is 13.3. The molecule has 1 aliphatic rings. The number of nitrogens with one attached hydrogen (secondary N) is 1. The number of ether oxygens (including phenoxy) is 1. The number of rotatable bonds is 5. The highest BCUT2D eigenvalue weighted by Crippen LogP contribution is 2.45. The molecule has 1 fully saturated rings. The number of fused-ring (bicyclic) bond motifs is 1. The van der Waals surface area contributed by atoms with Crippen LogP contribution in [0.4, 0.5) is 19.1 Å². The van der Waals surface area contributed by atoms with Gasteiger partial charge in [-0.3, -0.25) is 14.9 Å². The molecule has 150 valence electrons. The number of carbonyl (C=O) groups excluding carboxylic acids is 1. The van der Waals surface area contributed by atoms with Crippen molar-refractivity contribution in [1.29, 1.82) is 0 Å². The molecule has 0 spiro atoms. The van der Waals surface area contributed by atoms with Gasteiger partial charge in [-0.05, 0) is 18.2 Å². The summed E-state index contributed by atoms with van der Waals surface area (Å²) in [5.41, 5.74) is -0.613. The molecule has 1 N–H and O–H groups in total. The third-order valence-corrected chi connectivity index (χ3v) is 4.57. The summed E-state index contributed by atoms with van der Waals surface area (Å²) < 4.78 is 46.1. The van der Waals surface area contributed by atoms with E-state index in [0.29, 0.717) is 4.47 Å². The van der Waals surface area contributed by atoms with Crippen molar-refractivity contribution in [1.82, 2.24) is 19.7 Å². The summed E-state index contributed by atoms with van der Waals surface area (Å²) in [6.45, 7) is -0.553. The summed E-state index contributed by atoms with van der Waals surface area (Å²) in [5, 5.41) is 6.63. The van der Waals surface area contributed by atoms with E-state index in [2.05, 4.69) is 36.3 Å². The van der Waals surface area contributed by atoms with Crippen LogP contribution in [0.5, 0.6) is 5.88 Å². The molecule has 1 unspecified atom stereocenters. The molecule has 0 saturated heterocycles. The highest BCUT2D eigenvalue weighted by atomic mass is 79.9. The molecular formula is C17H11BrF3N5O3. The lowest BCUT2D eigenvalue weighted by Crippen LogP contribution is -2.30. The average Bonchev–Trinajstić information content (AvgIpc) is 3.26. The number of hydrogen-bond donors (Lipinski definition) is 1. The zero-order valence-electron chi connectivity index (χ0n) is 14.4. The fourth-order valence-corrected chi connectivity index (χ4v) is 2.91. The lowest BCUT2D eigenvalue weighted by Gasteiger charge is -2.12. The largest absolute Gasteiger partial charge is 0.466 e. The van der Waals surface area contributed by atoms with Crippen molar-refractivity contribution in [3.8, 4) is 5.88 Å². The minimum atomic E-state index is -2.96. The SMILES string of the molecule is O=C(Cn1nc(OC2CC2(F)F)c2cc(Br)ccc2c1=O)Nc1ncc(F)cn1. The molecule has 2 heterocycles. The number of hydrogen-bond acceptors (Lipinski definition) is 6. The van der Waals surface area contributed by atoms with Gasteiger partial charge in [0.1, 0.15) is 6.54 Å². The lowest BCUT2D eigenvalue weighted by molar-refractivity contribution is -0.117. The second-order valence-corrected chi connectivity index (χ2v) is 7.22. The van der Waals surface area contributed by atoms with Gasteiger partial charge in [0.05, 0.1) is 29.6 Å². The summed E-state index contributed by atoms with van der Waals surface area (Å²) in [5.74, 6) is -4.71. The summed E-state index contributed by atoms with van der Waals surface area (Å²) in [6.07, 6.45) is -0.0681. The molecule has 2 aromatic heterocycles. The Morgan fingerprint density at radius 1 is 1.31 bits per heavy atom. The van der Waals surface area contributed by atoms with Crippen molar-refractivity contribution in [3.05, 3.63) is 51.2 Å². The van der Waals surface area contributed by atoms with Gasteiger partial charge in [0.2, 0.25) is 17.7 Å². The topological polar surface area (TPSA) is 99.0 Å². The van der Waals surface area contributed by atoms with Gasteiger partial charge in [-0.1, -0.05) is 15.9 Å². The van der Waals surface area contributed by atoms with E-state index in [-0.39, 0.29) is 22.6 Å². The molecule has 1 amide bonds. The van der Waals surface area contributed by atoms with E-state index in [1.165, 1.54) is 12.1 Å². The second-order valence-electron chi connectivity index (χ2n) is 6.30. The number of benzene rings is 1. The van der Waals surface area contributed by atoms with Crippen molar-refractivity contribution in [2.45, 2.75) is 25.0 Å². The number of carbonyl (C=O) groups is 1. The molecular weight excluding hydrogens is 459 g/mol. The molecule has 3 aromatic rings. The van der Waals surface area contributed by atoms with Crippen molar-refractivity contribution in [2.75, 3.05) is 5.32 Å². The highest BCUT2D eigenvalue weighted by molar-refractivity contribution is 9.10. The van der Waals surface area contributed by atoms with E-state index >= 15 is 0 Å². The Balaban J connectivity index is 1.65. The molecule has 29 heavy (non-hydrogen) atoms. The summed E-state index contributed by atoms with van der Waals surface area (Å²) in [7, 11) is 0. The third kappa shape index (κ3) is 4.06. The Morgan fingerprint density at radius 3 is 2.66 bits per heavy atom. The van der Waals surface area contributed by atoms with Gasteiger partial charge >= 0.3 is 0 Å². The van der Waals surface area contributed by atoms with Crippen LogP contribution in [0.15, 0.2) is 39.9 Å². The van der Waals surface area contributed by atoms with Gasteiger partial charge in [0.25, 0.3) is 11.5 Å². The van der Waals surface area contributed by atoms with E-state index in [1.807, 2.05) is 0 Å². The van der Waals surface area contributed by atoms with E-state index in [1.54, 1.807) is 6.07 Å². The van der Waals surface area contributed by atoms with Crippen LogP contribution < -0.4 is 15.6 Å². The van der Waals surface area contributed by atoms with Crippen LogP contribution in [0.3, 0.4) is 0 Å². The predicted molar refractivity (Wildman–Crippen MR) is 98.3 cm³/mol. The zero-order valence-corrected chi connectivity index (χ0v) is 16.0. The van der Waals surface area contributed by atoms with E-state index in [4.69, 9.17) is 4.74 Å². The summed E-state index contributed by atoms with van der Waals surface area (Å²) in [4.78, 5) is 32.0. The number of nitrogens with zero attached hydrogens (tertiary/aromatic N) is 4. The first-order chi connectivity index (χ1) is 13.7. The molecule has 1 atom stereocenters. The van der Waals surface area contributed by atoms with Gasteiger partial charge in [-0.2, -0.15) is 0 Å². The van der Waals surface area contributed by atoms with Crippen LogP contribution in [-0.4, -0.2) is 37.7 Å². The van der Waals surface area contributed by atoms with E-state index in [9.17, 15) is 22.8 Å². The Labute approximate surface area is 168 Å². The third-order valence-electron chi connectivity index (χ3n) is 4.08. The zero-order chi connectivity index (χ0) is 20.8. The number of amides is 1. The average molecular weight is 470 g/mol. The van der Waals surface area contributed by atoms with Crippen molar-refractivity contribution < 1.29 is 22.7 Å². The maximum atomic E-state index is 13.3. The van der Waals surface area contributed by atoms with Gasteiger partial charge in [-0.25, -0.2) is 27.8 Å². The minimum absolute atomic E-state index is 0.146. The van der Waals surface area contributed by atoms with Crippen molar-refractivity contribution >= 4 is 38.6 Å². The van der Waals surface area contributed by atoms with Crippen LogP contribution in [0, 0.1) is 5.82 Å². The number of halogens is 4. The quantitative estimate of drug-likeness (QED) is 0.616. The fourth-order valence-electron chi connectivity index (χ4n) is 2.55. The van der Waals surface area contributed by atoms with Crippen LogP contribution in [0.25, 0.3) is 10.8 Å². The van der Waals surface area contributed by atoms with Crippen molar-refractivity contribution in [3.63, 3.8) is 0 Å². The van der Waals surface area contributed by atoms with Crippen LogP contribution in [0.2, 0.25) is 0 Å². The Morgan fingerprint density at radius 2 is 2.00 bits per heavy atom. The molecule has 1 aliphatic carbocycles. The minimum Gasteiger partial charge on any atom is -0.466 e. The normalized spacial score (nSPS) is 17.2. The fraction of sp³-hybridized carbons (Fsp3) is 0.235. The first-order valence-corrected chi connectivity index (χ1v) is 9.04. The van der Waals surface area contributed by atoms with E-state index in [0.717, 1.165) is 17.1 Å². The van der Waals surface area contributed by atoms with E-state index < -0.39 is 42.3 Å². The highest BCUT2D eigenvalue weighted by Gasteiger charge is 2.60. The first kappa shape index (κ1) is 19.3. The molecule has 1 saturated carbocycles. The molecule has 4 rings (SSSR count). The first-order valence-electron chi connectivity index (χ1n) is 8.25. The van der Waals surface area contributed by atoms with Gasteiger partial charge in [0, 0.05) is 4.47 Å². The maximum Gasteiger partial charge on any atom is 0.288 e. The number of alkyl halides is 2. The second kappa shape index (κ2) is 7.10. The lowest BCUT2D eigenvalue weighted by atomic mass is 10.2. The molecule has 8 nitrogen and oxygen atoms in total. The van der Waals surface area contributed by atoms with Crippen molar-refractivity contribution in [2.24, 2.45) is 0 Å². The summed E-state index contributed by atoms with van der Waals surface area (Å²) >= 11 is 3.25. The Kier molecular flexibility index (Phi) is 4.73. The molecule has 0 aliphatic heterocycles. The van der Waals surface area contributed by atoms with Crippen LogP contribution in [-0.2, 0) is 11.3 Å². The smallest absolute Gasteiger partial charge is 0.288 e.